The van der Waals surface area contributed by atoms with Gasteiger partial charge in [0.05, 0.1) is 5.56 Å². The Morgan fingerprint density at radius 1 is 0.684 bits per heavy atom. The van der Waals surface area contributed by atoms with Crippen LogP contribution >= 0.6 is 0 Å². The van der Waals surface area contributed by atoms with Crippen LogP contribution in [0.25, 0.3) is 0 Å². The predicted octanol–water partition coefficient (Wildman–Crippen LogP) is 8.22. The summed E-state index contributed by atoms with van der Waals surface area (Å²) >= 11 is 0. The predicted molar refractivity (Wildman–Crippen MR) is 159 cm³/mol. The first kappa shape index (κ1) is 31.2. The molecule has 6 nitrogen and oxygen atoms in total. The van der Waals surface area contributed by atoms with E-state index < -0.39 is 0 Å². The SMILES string of the molecule is CCCCCCCCCCCCCCCCCCNC(=O)c1ccc(C(=O)Nc2ccc(O)cc2)c(N)c1. The number of phenolic OH excluding ortho intramolecular Hbond substituents is 1. The molecular weight excluding hydrogens is 474 g/mol. The van der Waals surface area contributed by atoms with Gasteiger partial charge in [0.25, 0.3) is 11.8 Å². The van der Waals surface area contributed by atoms with Crippen LogP contribution in [0.4, 0.5) is 11.4 Å². The molecule has 5 N–H and O–H groups in total. The van der Waals surface area contributed by atoms with Gasteiger partial charge in [0, 0.05) is 23.5 Å². The Kier molecular flexibility index (Phi) is 15.7. The largest absolute Gasteiger partial charge is 0.508 e. The van der Waals surface area contributed by atoms with Crippen molar-refractivity contribution in [1.29, 1.82) is 0 Å². The van der Waals surface area contributed by atoms with Crippen molar-refractivity contribution in [2.24, 2.45) is 0 Å². The van der Waals surface area contributed by atoms with Gasteiger partial charge in [-0.3, -0.25) is 9.59 Å². The fourth-order valence-corrected chi connectivity index (χ4v) is 4.63. The van der Waals surface area contributed by atoms with Crippen LogP contribution in [0.15, 0.2) is 42.5 Å². The van der Waals surface area contributed by atoms with E-state index in [1.54, 1.807) is 24.3 Å². The molecule has 0 aromatic heterocycles. The van der Waals surface area contributed by atoms with E-state index in [1.165, 1.54) is 108 Å². The van der Waals surface area contributed by atoms with Gasteiger partial charge in [-0.1, -0.05) is 103 Å². The van der Waals surface area contributed by atoms with Crippen LogP contribution in [-0.2, 0) is 0 Å². The summed E-state index contributed by atoms with van der Waals surface area (Å²) in [6.07, 6.45) is 21.2. The summed E-state index contributed by atoms with van der Waals surface area (Å²) in [4.78, 5) is 25.0. The monoisotopic (exact) mass is 523 g/mol. The molecule has 0 atom stereocenters. The smallest absolute Gasteiger partial charge is 0.257 e. The second-order valence-electron chi connectivity index (χ2n) is 10.4. The number of nitrogen functional groups attached to an aromatic ring is 1. The number of benzene rings is 2. The van der Waals surface area contributed by atoms with E-state index in [0.29, 0.717) is 23.4 Å². The Morgan fingerprint density at radius 3 is 1.68 bits per heavy atom. The molecule has 6 heteroatoms. The maximum absolute atomic E-state index is 12.5. The Bertz CT molecular complexity index is 943. The van der Waals surface area contributed by atoms with E-state index in [2.05, 4.69) is 17.6 Å². The summed E-state index contributed by atoms with van der Waals surface area (Å²) < 4.78 is 0. The maximum atomic E-state index is 12.5. The Hall–Kier alpha value is -3.02. The number of anilines is 2. The molecule has 2 aromatic rings. The minimum Gasteiger partial charge on any atom is -0.508 e. The lowest BCUT2D eigenvalue weighted by Crippen LogP contribution is -2.25. The lowest BCUT2D eigenvalue weighted by atomic mass is 10.0. The van der Waals surface area contributed by atoms with Gasteiger partial charge in [-0.15, -0.1) is 0 Å². The molecule has 38 heavy (non-hydrogen) atoms. The highest BCUT2D eigenvalue weighted by Gasteiger charge is 2.13. The molecule has 210 valence electrons. The summed E-state index contributed by atoms with van der Waals surface area (Å²) in [5.74, 6) is -0.422. The third-order valence-corrected chi connectivity index (χ3v) is 7.00. The molecule has 2 rings (SSSR count). The molecule has 0 spiro atoms. The normalized spacial score (nSPS) is 10.9. The summed E-state index contributed by atoms with van der Waals surface area (Å²) in [6, 6.07) is 10.9. The van der Waals surface area contributed by atoms with Crippen molar-refractivity contribution in [2.75, 3.05) is 17.6 Å². The average Bonchev–Trinajstić information content (AvgIpc) is 2.91. The van der Waals surface area contributed by atoms with Gasteiger partial charge in [0.15, 0.2) is 0 Å². The van der Waals surface area contributed by atoms with Crippen LogP contribution in [0, 0.1) is 0 Å². The molecule has 0 aliphatic rings. The Labute approximate surface area is 229 Å². The molecule has 2 aromatic carbocycles. The van der Waals surface area contributed by atoms with Crippen molar-refractivity contribution in [3.8, 4) is 5.75 Å². The lowest BCUT2D eigenvalue weighted by Gasteiger charge is -2.10. The third kappa shape index (κ3) is 13.0. The van der Waals surface area contributed by atoms with Gasteiger partial charge in [-0.05, 0) is 48.9 Å². The van der Waals surface area contributed by atoms with Crippen LogP contribution in [0.5, 0.6) is 5.75 Å². The van der Waals surface area contributed by atoms with Crippen molar-refractivity contribution in [1.82, 2.24) is 5.32 Å². The maximum Gasteiger partial charge on any atom is 0.257 e. The topological polar surface area (TPSA) is 104 Å². The molecule has 2 amide bonds. The van der Waals surface area contributed by atoms with E-state index >= 15 is 0 Å². The van der Waals surface area contributed by atoms with E-state index in [9.17, 15) is 14.7 Å². The fourth-order valence-electron chi connectivity index (χ4n) is 4.63. The number of nitrogens with one attached hydrogen (secondary N) is 2. The van der Waals surface area contributed by atoms with Crippen LogP contribution in [-0.4, -0.2) is 23.5 Å². The zero-order valence-electron chi connectivity index (χ0n) is 23.4. The van der Waals surface area contributed by atoms with Crippen molar-refractivity contribution in [3.63, 3.8) is 0 Å². The van der Waals surface area contributed by atoms with Crippen molar-refractivity contribution >= 4 is 23.2 Å². The number of phenols is 1. The first-order chi connectivity index (χ1) is 18.5. The summed E-state index contributed by atoms with van der Waals surface area (Å²) in [5.41, 5.74) is 7.59. The summed E-state index contributed by atoms with van der Waals surface area (Å²) in [6.45, 7) is 2.91. The highest BCUT2D eigenvalue weighted by Crippen LogP contribution is 2.19. The zero-order chi connectivity index (χ0) is 27.4. The van der Waals surface area contributed by atoms with Gasteiger partial charge < -0.3 is 21.5 Å². The number of aromatic hydroxyl groups is 1. The van der Waals surface area contributed by atoms with Crippen LogP contribution in [0.3, 0.4) is 0 Å². The molecule has 0 radical (unpaired) electrons. The molecule has 0 aliphatic carbocycles. The van der Waals surface area contributed by atoms with E-state index in [-0.39, 0.29) is 23.3 Å². The number of hydrogen-bond donors (Lipinski definition) is 4. The molecule has 0 aliphatic heterocycles. The number of amides is 2. The number of unbranched alkanes of at least 4 members (excludes halogenated alkanes) is 15. The Morgan fingerprint density at radius 2 is 1.18 bits per heavy atom. The van der Waals surface area contributed by atoms with E-state index in [0.717, 1.165) is 12.8 Å². The number of nitrogens with two attached hydrogens (primary N) is 1. The van der Waals surface area contributed by atoms with Crippen molar-refractivity contribution in [2.45, 2.75) is 110 Å². The molecule has 0 saturated heterocycles. The summed E-state index contributed by atoms with van der Waals surface area (Å²) in [5, 5.41) is 15.0. The highest BCUT2D eigenvalue weighted by molar-refractivity contribution is 6.08. The molecule has 0 bridgehead atoms. The van der Waals surface area contributed by atoms with Crippen LogP contribution < -0.4 is 16.4 Å². The number of carbonyl (C=O) groups is 2. The van der Waals surface area contributed by atoms with Gasteiger partial charge in [0.1, 0.15) is 5.75 Å². The minimum absolute atomic E-state index is 0.123. The lowest BCUT2D eigenvalue weighted by molar-refractivity contribution is 0.0951. The highest BCUT2D eigenvalue weighted by atomic mass is 16.3. The molecule has 0 saturated carbocycles. The third-order valence-electron chi connectivity index (χ3n) is 7.00. The quantitative estimate of drug-likeness (QED) is 0.0797. The number of rotatable bonds is 20. The molecule has 0 unspecified atom stereocenters. The van der Waals surface area contributed by atoms with Crippen molar-refractivity contribution < 1.29 is 14.7 Å². The second kappa shape index (κ2) is 19.1. The minimum atomic E-state index is -0.367. The van der Waals surface area contributed by atoms with E-state index in [4.69, 9.17) is 5.73 Å². The molecular formula is C32H49N3O3. The molecule has 0 heterocycles. The zero-order valence-corrected chi connectivity index (χ0v) is 23.4. The standard InChI is InChI=1S/C32H49N3O3/c1-2-3-4-5-6-7-8-9-10-11-12-13-14-15-16-17-24-34-31(37)26-18-23-29(30(33)25-26)32(38)35-27-19-21-28(36)22-20-27/h18-23,25,36H,2-17,24,33H2,1H3,(H,34,37)(H,35,38). The fraction of sp³-hybridized carbons (Fsp3) is 0.562. The van der Waals surface area contributed by atoms with Crippen LogP contribution in [0.2, 0.25) is 0 Å². The van der Waals surface area contributed by atoms with Gasteiger partial charge >= 0.3 is 0 Å². The first-order valence-corrected chi connectivity index (χ1v) is 14.8. The van der Waals surface area contributed by atoms with Gasteiger partial charge in [-0.25, -0.2) is 0 Å². The van der Waals surface area contributed by atoms with Gasteiger partial charge in [-0.2, -0.15) is 0 Å². The number of carbonyl (C=O) groups excluding carboxylic acids is 2. The second-order valence-corrected chi connectivity index (χ2v) is 10.4. The first-order valence-electron chi connectivity index (χ1n) is 14.8. The van der Waals surface area contributed by atoms with Crippen LogP contribution in [0.1, 0.15) is 130 Å². The average molecular weight is 524 g/mol. The Balaban J connectivity index is 1.49. The van der Waals surface area contributed by atoms with Crippen molar-refractivity contribution in [3.05, 3.63) is 53.6 Å². The van der Waals surface area contributed by atoms with E-state index in [1.807, 2.05) is 0 Å². The summed E-state index contributed by atoms with van der Waals surface area (Å²) in [7, 11) is 0. The number of hydrogen-bond acceptors (Lipinski definition) is 4. The van der Waals surface area contributed by atoms with Gasteiger partial charge in [0.2, 0.25) is 0 Å². The molecule has 0 fully saturated rings.